The number of aromatic nitrogens is 1. The Labute approximate surface area is 217 Å². The van der Waals surface area contributed by atoms with Crippen LogP contribution in [0.25, 0.3) is 6.08 Å². The average molecular weight is 491 g/mol. The number of nitrogens with one attached hydrogen (secondary N) is 1. The van der Waals surface area contributed by atoms with Crippen molar-refractivity contribution in [2.75, 3.05) is 11.9 Å². The van der Waals surface area contributed by atoms with E-state index in [4.69, 9.17) is 4.99 Å². The van der Waals surface area contributed by atoms with E-state index in [1.807, 2.05) is 74.2 Å². The van der Waals surface area contributed by atoms with Gasteiger partial charge >= 0.3 is 0 Å². The summed E-state index contributed by atoms with van der Waals surface area (Å²) in [5.41, 5.74) is 4.74. The number of benzene rings is 2. The Hall–Kier alpha value is -4.06. The normalized spacial score (nSPS) is 24.2. The third-order valence-corrected chi connectivity index (χ3v) is 8.00. The van der Waals surface area contributed by atoms with Gasteiger partial charge in [0.2, 0.25) is 5.91 Å². The first-order valence-electron chi connectivity index (χ1n) is 12.8. The summed E-state index contributed by atoms with van der Waals surface area (Å²) < 4.78 is 0. The van der Waals surface area contributed by atoms with E-state index in [9.17, 15) is 9.59 Å². The van der Waals surface area contributed by atoms with E-state index in [0.29, 0.717) is 30.9 Å². The highest BCUT2D eigenvalue weighted by atomic mass is 16.2. The fraction of sp³-hybridized carbons (Fsp3) is 0.290. The lowest BCUT2D eigenvalue weighted by Gasteiger charge is -2.32. The fourth-order valence-corrected chi connectivity index (χ4v) is 5.97. The van der Waals surface area contributed by atoms with Gasteiger partial charge in [-0.2, -0.15) is 0 Å². The molecule has 0 saturated heterocycles. The van der Waals surface area contributed by atoms with E-state index in [1.165, 1.54) is 11.1 Å². The van der Waals surface area contributed by atoms with Crippen molar-refractivity contribution >= 4 is 29.4 Å². The quantitative estimate of drug-likeness (QED) is 0.553. The van der Waals surface area contributed by atoms with Crippen LogP contribution in [0.4, 0.5) is 5.82 Å². The summed E-state index contributed by atoms with van der Waals surface area (Å²) in [5.74, 6) is 0.756. The van der Waals surface area contributed by atoms with Gasteiger partial charge in [-0.3, -0.25) is 14.6 Å². The molecule has 186 valence electrons. The molecule has 0 saturated carbocycles. The largest absolute Gasteiger partial charge is 0.310 e. The predicted molar refractivity (Wildman–Crippen MR) is 145 cm³/mol. The van der Waals surface area contributed by atoms with E-state index >= 15 is 0 Å². The molecule has 37 heavy (non-hydrogen) atoms. The minimum absolute atomic E-state index is 0.0126. The molecule has 1 N–H and O–H groups in total. The Morgan fingerprint density at radius 1 is 1.03 bits per heavy atom. The summed E-state index contributed by atoms with van der Waals surface area (Å²) >= 11 is 0. The lowest BCUT2D eigenvalue weighted by molar-refractivity contribution is -0.127. The Morgan fingerprint density at radius 3 is 2.59 bits per heavy atom. The molecule has 2 atom stereocenters. The molecule has 0 bridgehead atoms. The van der Waals surface area contributed by atoms with Gasteiger partial charge in [-0.15, -0.1) is 0 Å². The molecule has 2 aromatic carbocycles. The molecule has 2 amide bonds. The van der Waals surface area contributed by atoms with Gasteiger partial charge in [-0.25, -0.2) is 4.98 Å². The van der Waals surface area contributed by atoms with Crippen LogP contribution < -0.4 is 5.32 Å². The van der Waals surface area contributed by atoms with Crippen LogP contribution in [0.5, 0.6) is 0 Å². The number of pyridine rings is 1. The van der Waals surface area contributed by atoms with Crippen LogP contribution in [0.3, 0.4) is 0 Å². The summed E-state index contributed by atoms with van der Waals surface area (Å²) in [5, 5.41) is 2.97. The summed E-state index contributed by atoms with van der Waals surface area (Å²) in [4.78, 5) is 37.4. The van der Waals surface area contributed by atoms with Gasteiger partial charge in [0.25, 0.3) is 5.91 Å². The number of anilines is 1. The third-order valence-electron chi connectivity index (χ3n) is 8.00. The number of hydrogen-bond acceptors (Lipinski definition) is 4. The van der Waals surface area contributed by atoms with Gasteiger partial charge in [-0.05, 0) is 48.1 Å². The number of hydrogen-bond donors (Lipinski definition) is 1. The first-order chi connectivity index (χ1) is 17.8. The Kier molecular flexibility index (Phi) is 5.37. The molecule has 0 radical (unpaired) electrons. The van der Waals surface area contributed by atoms with Crippen molar-refractivity contribution in [1.82, 2.24) is 9.88 Å². The Balaban J connectivity index is 1.24. The van der Waals surface area contributed by atoms with Gasteiger partial charge in [0.05, 0.1) is 5.41 Å². The van der Waals surface area contributed by atoms with Crippen LogP contribution >= 0.6 is 0 Å². The molecule has 0 fully saturated rings. The first-order valence-corrected chi connectivity index (χ1v) is 12.8. The van der Waals surface area contributed by atoms with Crippen molar-refractivity contribution in [3.8, 4) is 0 Å². The molecule has 2 aliphatic heterocycles. The van der Waals surface area contributed by atoms with Crippen LogP contribution in [0.2, 0.25) is 0 Å². The molecule has 3 heterocycles. The van der Waals surface area contributed by atoms with Gasteiger partial charge in [0, 0.05) is 24.2 Å². The first kappa shape index (κ1) is 23.3. The van der Waals surface area contributed by atoms with Crippen molar-refractivity contribution < 1.29 is 9.59 Å². The number of nitrogens with zero attached hydrogens (tertiary/aromatic N) is 3. The molecule has 1 spiro atoms. The maximum absolute atomic E-state index is 13.3. The molecular formula is C31H30N4O2. The van der Waals surface area contributed by atoms with E-state index in [1.54, 1.807) is 6.20 Å². The highest BCUT2D eigenvalue weighted by molar-refractivity contribution is 6.41. The maximum atomic E-state index is 13.3. The van der Waals surface area contributed by atoms with Gasteiger partial charge in [0.15, 0.2) is 5.66 Å². The van der Waals surface area contributed by atoms with Crippen LogP contribution in [0.15, 0.2) is 77.9 Å². The van der Waals surface area contributed by atoms with Crippen LogP contribution in [0.1, 0.15) is 48.6 Å². The number of carbonyl (C=O) groups excluding carboxylic acids is 2. The molecule has 3 aliphatic rings. The molecule has 3 aromatic rings. The van der Waals surface area contributed by atoms with Crippen molar-refractivity contribution in [3.63, 3.8) is 0 Å². The standard InChI is InChI=1S/C31H30N4O2/c1-20(2)26-28(36)35(30(3,34-26)24-10-5-4-6-11-24)16-8-9-21-13-14-22-18-31(19-23(22)17-21)25-12-7-15-32-27(25)33-29(31)37/h4-15,17,20H,16,18-19H2,1-3H3,(H,32,33,37)/t30-,31?/m1/s1. The van der Waals surface area contributed by atoms with E-state index in [0.717, 1.165) is 16.7 Å². The molecular weight excluding hydrogens is 460 g/mol. The topological polar surface area (TPSA) is 74.7 Å². The smallest absolute Gasteiger partial charge is 0.270 e. The second-order valence-corrected chi connectivity index (χ2v) is 10.7. The van der Waals surface area contributed by atoms with Crippen molar-refractivity contribution in [3.05, 3.63) is 101 Å². The van der Waals surface area contributed by atoms with E-state index in [-0.39, 0.29) is 17.7 Å². The second-order valence-electron chi connectivity index (χ2n) is 10.7. The van der Waals surface area contributed by atoms with Gasteiger partial charge < -0.3 is 10.2 Å². The lowest BCUT2D eigenvalue weighted by atomic mass is 9.79. The summed E-state index contributed by atoms with van der Waals surface area (Å²) in [6, 6.07) is 20.3. The van der Waals surface area contributed by atoms with E-state index in [2.05, 4.69) is 34.6 Å². The Morgan fingerprint density at radius 2 is 1.81 bits per heavy atom. The zero-order chi connectivity index (χ0) is 25.8. The summed E-state index contributed by atoms with van der Waals surface area (Å²) in [6.45, 7) is 6.49. The molecule has 6 heteroatoms. The minimum Gasteiger partial charge on any atom is -0.310 e. The fourth-order valence-electron chi connectivity index (χ4n) is 5.97. The molecule has 6 rings (SSSR count). The summed E-state index contributed by atoms with van der Waals surface area (Å²) in [6.07, 6.45) is 7.15. The maximum Gasteiger partial charge on any atom is 0.270 e. The monoisotopic (exact) mass is 490 g/mol. The molecule has 6 nitrogen and oxygen atoms in total. The Bertz CT molecular complexity index is 1480. The third kappa shape index (κ3) is 3.62. The average Bonchev–Trinajstić information content (AvgIpc) is 3.50. The van der Waals surface area contributed by atoms with Crippen LogP contribution in [-0.2, 0) is 33.5 Å². The van der Waals surface area contributed by atoms with Crippen molar-refractivity contribution in [2.45, 2.75) is 44.7 Å². The second kappa shape index (κ2) is 8.51. The molecule has 1 aromatic heterocycles. The van der Waals surface area contributed by atoms with Crippen LogP contribution in [-0.4, -0.2) is 34.0 Å². The lowest BCUT2D eigenvalue weighted by Crippen LogP contribution is -2.43. The zero-order valence-corrected chi connectivity index (χ0v) is 21.4. The highest BCUT2D eigenvalue weighted by Crippen LogP contribution is 2.46. The number of aliphatic imine (C=N–C) groups is 1. The van der Waals surface area contributed by atoms with Gasteiger partial charge in [0.1, 0.15) is 11.5 Å². The van der Waals surface area contributed by atoms with E-state index < -0.39 is 11.1 Å². The number of fused-ring (bicyclic) bond motifs is 3. The molecule has 1 unspecified atom stereocenters. The zero-order valence-electron chi connectivity index (χ0n) is 21.4. The number of amides is 2. The minimum atomic E-state index is -0.732. The van der Waals surface area contributed by atoms with Gasteiger partial charge in [-0.1, -0.05) is 80.6 Å². The highest BCUT2D eigenvalue weighted by Gasteiger charge is 2.51. The molecule has 1 aliphatic carbocycles. The number of carbonyl (C=O) groups is 2. The summed E-state index contributed by atoms with van der Waals surface area (Å²) in [7, 11) is 0. The van der Waals surface area contributed by atoms with Crippen molar-refractivity contribution in [2.24, 2.45) is 10.9 Å². The number of rotatable bonds is 5. The van der Waals surface area contributed by atoms with Crippen LogP contribution in [0, 0.1) is 5.92 Å². The van der Waals surface area contributed by atoms with Crippen molar-refractivity contribution in [1.29, 1.82) is 0 Å². The SMILES string of the molecule is CC(C)C1=N[C@@](C)(c2ccccc2)N(CC=Cc2ccc3c(c2)CC2(C3)C(=O)Nc3ncccc32)C1=O. The predicted octanol–water partition coefficient (Wildman–Crippen LogP) is 4.90.